The molecule has 6 heteroatoms. The van der Waals surface area contributed by atoms with Gasteiger partial charge in [-0.3, -0.25) is 14.4 Å². The Hall–Kier alpha value is -3.41. The SMILES string of the molecule is CC\C=C/C=C\C=C/C=C\C=C\C=C/C=C\CCCCCC(=O)OCC(COC(=O)CCCCCCCCCCCC)OC(=O)CCCCCCCCCCCCCCCCC. The van der Waals surface area contributed by atoms with Crippen LogP contribution in [0.1, 0.15) is 233 Å². The average Bonchev–Trinajstić information content (AvgIpc) is 3.27. The topological polar surface area (TPSA) is 78.9 Å². The second-order valence-corrected chi connectivity index (χ2v) is 16.9. The van der Waals surface area contributed by atoms with E-state index in [1.54, 1.807) is 0 Å². The van der Waals surface area contributed by atoms with Crippen LogP contribution in [-0.4, -0.2) is 37.2 Å². The van der Waals surface area contributed by atoms with Crippen LogP contribution in [0, 0.1) is 0 Å². The molecule has 0 aliphatic rings. The lowest BCUT2D eigenvalue weighted by Crippen LogP contribution is -2.30. The molecule has 0 heterocycles. The molecule has 0 aliphatic heterocycles. The van der Waals surface area contributed by atoms with Crippen molar-refractivity contribution >= 4 is 17.9 Å². The van der Waals surface area contributed by atoms with Crippen LogP contribution in [0.5, 0.6) is 0 Å². The summed E-state index contributed by atoms with van der Waals surface area (Å²) in [5, 5.41) is 0. The fourth-order valence-electron chi connectivity index (χ4n) is 7.01. The van der Waals surface area contributed by atoms with E-state index in [1.807, 2.05) is 72.9 Å². The lowest BCUT2D eigenvalue weighted by molar-refractivity contribution is -0.167. The Labute approximate surface area is 382 Å². The van der Waals surface area contributed by atoms with Crippen molar-refractivity contribution in [2.24, 2.45) is 0 Å². The lowest BCUT2D eigenvalue weighted by Gasteiger charge is -2.18. The molecule has 0 saturated carbocycles. The predicted octanol–water partition coefficient (Wildman–Crippen LogP) is 16.8. The van der Waals surface area contributed by atoms with Crippen LogP contribution in [-0.2, 0) is 28.6 Å². The number of esters is 3. The molecule has 0 rings (SSSR count). The standard InChI is InChI=1S/C56H94O6/c1-4-7-10-13-16-19-22-24-26-27-28-29-31-32-34-37-40-43-46-49-55(58)61-52-53(51-60-54(57)48-45-42-39-36-21-18-15-12-9-6-3)62-56(59)50-47-44-41-38-35-33-30-25-23-20-17-14-11-8-5-2/h7,10,13,16,19,22,24,26-29,31-32,34,53H,4-6,8-9,11-12,14-15,17-18,20-21,23,25,30,33,35-52H2,1-3H3/b10-7-,16-13-,22-19-,26-24-,28-27+,31-29-,34-32-. The normalized spacial score (nSPS) is 12.8. The summed E-state index contributed by atoms with van der Waals surface area (Å²) in [4.78, 5) is 37.9. The van der Waals surface area contributed by atoms with E-state index in [0.29, 0.717) is 19.3 Å². The maximum absolute atomic E-state index is 12.8. The van der Waals surface area contributed by atoms with E-state index in [-0.39, 0.29) is 31.1 Å². The highest BCUT2D eigenvalue weighted by Crippen LogP contribution is 2.15. The van der Waals surface area contributed by atoms with Gasteiger partial charge in [-0.15, -0.1) is 0 Å². The minimum absolute atomic E-state index is 0.0890. The van der Waals surface area contributed by atoms with Gasteiger partial charge in [-0.2, -0.15) is 0 Å². The molecule has 0 radical (unpaired) electrons. The summed E-state index contributed by atoms with van der Waals surface area (Å²) in [5.41, 5.74) is 0. The molecular formula is C56H94O6. The second-order valence-electron chi connectivity index (χ2n) is 16.9. The molecule has 0 spiro atoms. The van der Waals surface area contributed by atoms with E-state index in [9.17, 15) is 14.4 Å². The summed E-state index contributed by atoms with van der Waals surface area (Å²) in [5.74, 6) is -0.935. The minimum Gasteiger partial charge on any atom is -0.462 e. The third-order valence-corrected chi connectivity index (χ3v) is 10.9. The molecule has 0 amide bonds. The van der Waals surface area contributed by atoms with E-state index >= 15 is 0 Å². The van der Waals surface area contributed by atoms with Gasteiger partial charge in [0.15, 0.2) is 6.10 Å². The monoisotopic (exact) mass is 863 g/mol. The highest BCUT2D eigenvalue weighted by Gasteiger charge is 2.19. The number of carbonyl (C=O) groups is 3. The van der Waals surface area contributed by atoms with Crippen molar-refractivity contribution in [3.63, 3.8) is 0 Å². The van der Waals surface area contributed by atoms with Crippen molar-refractivity contribution in [2.45, 2.75) is 239 Å². The van der Waals surface area contributed by atoms with E-state index in [4.69, 9.17) is 14.2 Å². The van der Waals surface area contributed by atoms with Gasteiger partial charge >= 0.3 is 17.9 Å². The van der Waals surface area contributed by atoms with Gasteiger partial charge in [0.2, 0.25) is 0 Å². The number of hydrogen-bond acceptors (Lipinski definition) is 6. The Morgan fingerprint density at radius 1 is 0.339 bits per heavy atom. The predicted molar refractivity (Wildman–Crippen MR) is 265 cm³/mol. The number of carbonyl (C=O) groups excluding carboxylic acids is 3. The second kappa shape index (κ2) is 50.2. The highest BCUT2D eigenvalue weighted by molar-refractivity contribution is 5.71. The van der Waals surface area contributed by atoms with Gasteiger partial charge < -0.3 is 14.2 Å². The number of hydrogen-bond donors (Lipinski definition) is 0. The molecule has 354 valence electrons. The first-order valence-electron chi connectivity index (χ1n) is 25.7. The maximum Gasteiger partial charge on any atom is 0.306 e. The Bertz CT molecular complexity index is 1220. The number of rotatable bonds is 45. The molecule has 0 saturated heterocycles. The van der Waals surface area contributed by atoms with Crippen molar-refractivity contribution in [3.05, 3.63) is 85.1 Å². The van der Waals surface area contributed by atoms with Crippen LogP contribution in [0.4, 0.5) is 0 Å². The van der Waals surface area contributed by atoms with Crippen LogP contribution >= 0.6 is 0 Å². The fourth-order valence-corrected chi connectivity index (χ4v) is 7.01. The molecule has 0 aromatic carbocycles. The summed E-state index contributed by atoms with van der Waals surface area (Å²) in [7, 11) is 0. The lowest BCUT2D eigenvalue weighted by atomic mass is 10.0. The number of unbranched alkanes of at least 4 members (excludes halogenated alkanes) is 26. The summed E-state index contributed by atoms with van der Waals surface area (Å²) < 4.78 is 16.7. The molecule has 0 N–H and O–H groups in total. The number of ether oxygens (including phenoxy) is 3. The van der Waals surface area contributed by atoms with Gasteiger partial charge in [0.05, 0.1) is 0 Å². The molecule has 62 heavy (non-hydrogen) atoms. The Morgan fingerprint density at radius 3 is 0.984 bits per heavy atom. The first-order valence-corrected chi connectivity index (χ1v) is 25.7. The molecule has 0 aliphatic carbocycles. The zero-order valence-electron chi connectivity index (χ0n) is 40.4. The Morgan fingerprint density at radius 2 is 0.629 bits per heavy atom. The van der Waals surface area contributed by atoms with Gasteiger partial charge in [0.1, 0.15) is 13.2 Å². The third kappa shape index (κ3) is 47.6. The van der Waals surface area contributed by atoms with Crippen molar-refractivity contribution in [2.75, 3.05) is 13.2 Å². The average molecular weight is 863 g/mol. The van der Waals surface area contributed by atoms with Crippen molar-refractivity contribution in [1.82, 2.24) is 0 Å². The van der Waals surface area contributed by atoms with Crippen LogP contribution in [0.15, 0.2) is 85.1 Å². The summed E-state index contributed by atoms with van der Waals surface area (Å²) in [6.07, 6.45) is 64.2. The molecule has 0 bridgehead atoms. The Balaban J connectivity index is 4.45. The van der Waals surface area contributed by atoms with E-state index in [1.165, 1.54) is 122 Å². The van der Waals surface area contributed by atoms with Crippen LogP contribution < -0.4 is 0 Å². The van der Waals surface area contributed by atoms with E-state index in [2.05, 4.69) is 32.9 Å². The molecule has 1 atom stereocenters. The molecule has 6 nitrogen and oxygen atoms in total. The minimum atomic E-state index is -0.791. The molecule has 0 aromatic rings. The smallest absolute Gasteiger partial charge is 0.306 e. The molecule has 0 fully saturated rings. The van der Waals surface area contributed by atoms with Gasteiger partial charge in [-0.05, 0) is 38.5 Å². The summed E-state index contributed by atoms with van der Waals surface area (Å²) in [6, 6.07) is 0. The third-order valence-electron chi connectivity index (χ3n) is 10.9. The van der Waals surface area contributed by atoms with Crippen molar-refractivity contribution in [3.8, 4) is 0 Å². The Kier molecular flexibility index (Phi) is 47.5. The van der Waals surface area contributed by atoms with Gasteiger partial charge in [0, 0.05) is 19.3 Å². The molecule has 1 unspecified atom stereocenters. The van der Waals surface area contributed by atoms with Crippen molar-refractivity contribution < 1.29 is 28.6 Å². The molecule has 0 aromatic heterocycles. The van der Waals surface area contributed by atoms with Gasteiger partial charge in [-0.25, -0.2) is 0 Å². The quantitative estimate of drug-likeness (QED) is 0.0263. The van der Waals surface area contributed by atoms with Crippen LogP contribution in [0.2, 0.25) is 0 Å². The fraction of sp³-hybridized carbons (Fsp3) is 0.696. The van der Waals surface area contributed by atoms with E-state index in [0.717, 1.165) is 70.6 Å². The van der Waals surface area contributed by atoms with Crippen molar-refractivity contribution in [1.29, 1.82) is 0 Å². The van der Waals surface area contributed by atoms with Crippen LogP contribution in [0.3, 0.4) is 0 Å². The van der Waals surface area contributed by atoms with E-state index < -0.39 is 6.10 Å². The summed E-state index contributed by atoms with van der Waals surface area (Å²) in [6.45, 7) is 6.44. The van der Waals surface area contributed by atoms with Crippen LogP contribution in [0.25, 0.3) is 0 Å². The zero-order valence-corrected chi connectivity index (χ0v) is 40.4. The zero-order chi connectivity index (χ0) is 45.1. The molecular weight excluding hydrogens is 769 g/mol. The highest BCUT2D eigenvalue weighted by atomic mass is 16.6. The van der Waals surface area contributed by atoms with Gasteiger partial charge in [-0.1, -0.05) is 260 Å². The summed E-state index contributed by atoms with van der Waals surface area (Å²) >= 11 is 0. The largest absolute Gasteiger partial charge is 0.462 e. The number of allylic oxidation sites excluding steroid dienone is 14. The van der Waals surface area contributed by atoms with Gasteiger partial charge in [0.25, 0.3) is 0 Å². The maximum atomic E-state index is 12.8. The first-order chi connectivity index (χ1) is 30.5. The first kappa shape index (κ1) is 58.6.